The first-order valence-electron chi connectivity index (χ1n) is 7.36. The van der Waals surface area contributed by atoms with Crippen molar-refractivity contribution in [3.8, 4) is 0 Å². The lowest BCUT2D eigenvalue weighted by Crippen LogP contribution is -2.13. The zero-order chi connectivity index (χ0) is 18.7. The zero-order valence-corrected chi connectivity index (χ0v) is 14.6. The number of hydrogen-bond acceptors (Lipinski definition) is 3. The summed E-state index contributed by atoms with van der Waals surface area (Å²) in [6.07, 6.45) is 2.84. The summed E-state index contributed by atoms with van der Waals surface area (Å²) in [6.45, 7) is 0. The number of rotatable bonds is 4. The molecule has 0 fully saturated rings. The molecule has 132 valence electrons. The number of nitrogens with zero attached hydrogens (tertiary/aromatic N) is 1. The number of hydrogen-bond donors (Lipinski definition) is 2. The van der Waals surface area contributed by atoms with Crippen molar-refractivity contribution in [1.82, 2.24) is 4.98 Å². The van der Waals surface area contributed by atoms with Gasteiger partial charge in [-0.1, -0.05) is 29.3 Å². The van der Waals surface area contributed by atoms with Gasteiger partial charge in [0.25, 0.3) is 5.91 Å². The van der Waals surface area contributed by atoms with E-state index in [9.17, 15) is 13.6 Å². The zero-order valence-electron chi connectivity index (χ0n) is 13.1. The van der Waals surface area contributed by atoms with Crippen LogP contribution in [0.3, 0.4) is 0 Å². The maximum absolute atomic E-state index is 13.2. The molecular weight excluding hydrogens is 383 g/mol. The second-order valence-electron chi connectivity index (χ2n) is 5.27. The van der Waals surface area contributed by atoms with Crippen LogP contribution in [0.1, 0.15) is 10.4 Å². The summed E-state index contributed by atoms with van der Waals surface area (Å²) < 4.78 is 26.2. The van der Waals surface area contributed by atoms with Gasteiger partial charge >= 0.3 is 0 Å². The molecule has 1 heterocycles. The molecule has 0 aliphatic rings. The van der Waals surface area contributed by atoms with Crippen molar-refractivity contribution in [3.05, 3.63) is 82.1 Å². The summed E-state index contributed by atoms with van der Waals surface area (Å²) in [6, 6.07) is 9.66. The average Bonchev–Trinajstić information content (AvgIpc) is 2.62. The molecule has 26 heavy (non-hydrogen) atoms. The third-order valence-electron chi connectivity index (χ3n) is 3.41. The molecule has 3 aromatic rings. The molecule has 3 rings (SSSR count). The summed E-state index contributed by atoms with van der Waals surface area (Å²) >= 11 is 12.2. The van der Waals surface area contributed by atoms with Crippen molar-refractivity contribution in [2.24, 2.45) is 0 Å². The van der Waals surface area contributed by atoms with Crippen LogP contribution in [0.15, 0.2) is 54.9 Å². The van der Waals surface area contributed by atoms with Crippen LogP contribution in [0.25, 0.3) is 0 Å². The van der Waals surface area contributed by atoms with E-state index in [1.54, 1.807) is 18.2 Å². The second-order valence-corrected chi connectivity index (χ2v) is 6.08. The molecule has 1 amide bonds. The summed E-state index contributed by atoms with van der Waals surface area (Å²) in [5.41, 5.74) is 1.30. The van der Waals surface area contributed by atoms with Crippen molar-refractivity contribution in [3.63, 3.8) is 0 Å². The Kier molecular flexibility index (Phi) is 5.35. The minimum absolute atomic E-state index is 0.126. The highest BCUT2D eigenvalue weighted by Crippen LogP contribution is 2.32. The predicted molar refractivity (Wildman–Crippen MR) is 98.3 cm³/mol. The number of anilines is 3. The number of para-hydroxylation sites is 1. The highest BCUT2D eigenvalue weighted by Gasteiger charge is 2.11. The van der Waals surface area contributed by atoms with E-state index >= 15 is 0 Å². The van der Waals surface area contributed by atoms with Gasteiger partial charge in [-0.05, 0) is 30.3 Å². The Balaban J connectivity index is 1.80. The normalized spacial score (nSPS) is 10.5. The Labute approximate surface area is 157 Å². The molecule has 4 nitrogen and oxygen atoms in total. The minimum Gasteiger partial charge on any atom is -0.352 e. The Morgan fingerprint density at radius 3 is 2.35 bits per heavy atom. The van der Waals surface area contributed by atoms with Gasteiger partial charge in [0.1, 0.15) is 0 Å². The van der Waals surface area contributed by atoms with Crippen LogP contribution in [0.2, 0.25) is 10.0 Å². The number of carbonyl (C=O) groups excluding carboxylic acids is 1. The Morgan fingerprint density at radius 1 is 0.923 bits per heavy atom. The van der Waals surface area contributed by atoms with Crippen molar-refractivity contribution in [2.75, 3.05) is 10.6 Å². The van der Waals surface area contributed by atoms with E-state index in [-0.39, 0.29) is 11.3 Å². The van der Waals surface area contributed by atoms with Gasteiger partial charge in [0, 0.05) is 18.0 Å². The molecule has 0 radical (unpaired) electrons. The van der Waals surface area contributed by atoms with Gasteiger partial charge in [0.05, 0.1) is 33.2 Å². The average molecular weight is 394 g/mol. The van der Waals surface area contributed by atoms with E-state index in [0.717, 1.165) is 12.1 Å². The van der Waals surface area contributed by atoms with E-state index in [1.165, 1.54) is 24.5 Å². The topological polar surface area (TPSA) is 54.0 Å². The van der Waals surface area contributed by atoms with Gasteiger partial charge in [0.15, 0.2) is 11.6 Å². The molecular formula is C18H11Cl2F2N3O. The van der Waals surface area contributed by atoms with Crippen LogP contribution in [0.5, 0.6) is 0 Å². The van der Waals surface area contributed by atoms with E-state index in [1.807, 2.05) is 0 Å². The summed E-state index contributed by atoms with van der Waals surface area (Å²) in [4.78, 5) is 16.3. The molecule has 8 heteroatoms. The molecule has 0 bridgehead atoms. The van der Waals surface area contributed by atoms with Crippen LogP contribution in [-0.2, 0) is 0 Å². The first kappa shape index (κ1) is 18.1. The van der Waals surface area contributed by atoms with Gasteiger partial charge in [-0.15, -0.1) is 0 Å². The van der Waals surface area contributed by atoms with Gasteiger partial charge in [0.2, 0.25) is 0 Å². The summed E-state index contributed by atoms with van der Waals surface area (Å²) in [5, 5.41) is 6.30. The second kappa shape index (κ2) is 7.68. The molecule has 0 aliphatic carbocycles. The molecule has 2 N–H and O–H groups in total. The van der Waals surface area contributed by atoms with Crippen LogP contribution >= 0.6 is 23.2 Å². The molecule has 0 aliphatic heterocycles. The van der Waals surface area contributed by atoms with Crippen molar-refractivity contribution in [1.29, 1.82) is 0 Å². The fraction of sp³-hybridized carbons (Fsp3) is 0. The molecule has 0 atom stereocenters. The maximum Gasteiger partial charge on any atom is 0.257 e. The first-order valence-corrected chi connectivity index (χ1v) is 8.12. The molecule has 0 spiro atoms. The molecule has 1 aromatic heterocycles. The van der Waals surface area contributed by atoms with Crippen molar-refractivity contribution < 1.29 is 13.6 Å². The Morgan fingerprint density at radius 2 is 1.65 bits per heavy atom. The number of pyridine rings is 1. The van der Waals surface area contributed by atoms with Crippen molar-refractivity contribution in [2.45, 2.75) is 0 Å². The summed E-state index contributed by atoms with van der Waals surface area (Å²) in [5.74, 6) is -2.57. The van der Waals surface area contributed by atoms with Gasteiger partial charge < -0.3 is 10.6 Å². The van der Waals surface area contributed by atoms with Gasteiger partial charge in [-0.3, -0.25) is 9.78 Å². The third-order valence-corrected chi connectivity index (χ3v) is 4.04. The van der Waals surface area contributed by atoms with E-state index < -0.39 is 17.5 Å². The molecule has 0 unspecified atom stereocenters. The number of nitrogens with one attached hydrogen (secondary N) is 2. The lowest BCUT2D eigenvalue weighted by Gasteiger charge is -2.11. The van der Waals surface area contributed by atoms with E-state index in [4.69, 9.17) is 23.2 Å². The molecule has 0 saturated heterocycles. The standard InChI is InChI=1S/C18H11Cl2F2N3O/c19-13-2-1-3-14(20)17(13)24-12-6-10(8-23-9-12)18(26)25-11-4-5-15(21)16(22)7-11/h1-9,24H,(H,25,26). The van der Waals surface area contributed by atoms with Gasteiger partial charge in [-0.2, -0.15) is 0 Å². The Bertz CT molecular complexity index is 962. The Hall–Kier alpha value is -2.70. The van der Waals surface area contributed by atoms with Gasteiger partial charge in [-0.25, -0.2) is 8.78 Å². The SMILES string of the molecule is O=C(Nc1ccc(F)c(F)c1)c1cncc(Nc2c(Cl)cccc2Cl)c1. The van der Waals surface area contributed by atoms with Crippen LogP contribution in [0.4, 0.5) is 25.8 Å². The predicted octanol–water partition coefficient (Wildman–Crippen LogP) is 5.66. The molecule has 0 saturated carbocycles. The maximum atomic E-state index is 13.2. The summed E-state index contributed by atoms with van der Waals surface area (Å²) in [7, 11) is 0. The van der Waals surface area contributed by atoms with E-state index in [2.05, 4.69) is 15.6 Å². The van der Waals surface area contributed by atoms with Crippen LogP contribution in [-0.4, -0.2) is 10.9 Å². The fourth-order valence-electron chi connectivity index (χ4n) is 2.17. The third kappa shape index (κ3) is 4.09. The number of halogens is 4. The smallest absolute Gasteiger partial charge is 0.257 e. The lowest BCUT2D eigenvalue weighted by molar-refractivity contribution is 0.102. The highest BCUT2D eigenvalue weighted by atomic mass is 35.5. The minimum atomic E-state index is -1.05. The van der Waals surface area contributed by atoms with Crippen LogP contribution < -0.4 is 10.6 Å². The van der Waals surface area contributed by atoms with E-state index in [0.29, 0.717) is 21.4 Å². The quantitative estimate of drug-likeness (QED) is 0.600. The highest BCUT2D eigenvalue weighted by molar-refractivity contribution is 6.39. The largest absolute Gasteiger partial charge is 0.352 e. The monoisotopic (exact) mass is 393 g/mol. The number of aromatic nitrogens is 1. The van der Waals surface area contributed by atoms with Crippen LogP contribution in [0, 0.1) is 11.6 Å². The number of carbonyl (C=O) groups is 1. The first-order chi connectivity index (χ1) is 12.4. The number of benzene rings is 2. The lowest BCUT2D eigenvalue weighted by atomic mass is 10.2. The van der Waals surface area contributed by atoms with Crippen molar-refractivity contribution >= 4 is 46.2 Å². The number of amides is 1. The fourth-order valence-corrected chi connectivity index (χ4v) is 2.66. The molecule has 2 aromatic carbocycles.